The Labute approximate surface area is 122 Å². The molecular formula is C16H27ClN2. The van der Waals surface area contributed by atoms with Gasteiger partial charge < -0.3 is 11.1 Å². The maximum atomic E-state index is 6.07. The van der Waals surface area contributed by atoms with E-state index in [1.54, 1.807) is 0 Å². The summed E-state index contributed by atoms with van der Waals surface area (Å²) in [5, 5.41) is 4.13. The second-order valence-corrected chi connectivity index (χ2v) is 6.57. The first-order valence-electron chi connectivity index (χ1n) is 7.15. The van der Waals surface area contributed by atoms with E-state index < -0.39 is 0 Å². The lowest BCUT2D eigenvalue weighted by molar-refractivity contribution is 0.342. The van der Waals surface area contributed by atoms with Gasteiger partial charge in [0.05, 0.1) is 10.7 Å². The van der Waals surface area contributed by atoms with Gasteiger partial charge in [0.15, 0.2) is 0 Å². The van der Waals surface area contributed by atoms with Crippen molar-refractivity contribution >= 4 is 23.0 Å². The molecule has 1 aromatic carbocycles. The van der Waals surface area contributed by atoms with Gasteiger partial charge >= 0.3 is 0 Å². The summed E-state index contributed by atoms with van der Waals surface area (Å²) in [4.78, 5) is 0. The third kappa shape index (κ3) is 5.32. The molecule has 3 heteroatoms. The maximum absolute atomic E-state index is 6.07. The second kappa shape index (κ2) is 7.04. The Bertz CT molecular complexity index is 413. The van der Waals surface area contributed by atoms with Gasteiger partial charge in [-0.2, -0.15) is 0 Å². The molecule has 0 saturated heterocycles. The monoisotopic (exact) mass is 282 g/mol. The van der Waals surface area contributed by atoms with E-state index in [9.17, 15) is 0 Å². The van der Waals surface area contributed by atoms with Crippen LogP contribution >= 0.6 is 11.6 Å². The minimum absolute atomic E-state index is 0.301. The van der Waals surface area contributed by atoms with Crippen LogP contribution in [0.25, 0.3) is 0 Å². The number of nitrogens with one attached hydrogen (secondary N) is 1. The first-order chi connectivity index (χ1) is 8.85. The minimum atomic E-state index is 0.301. The SMILES string of the molecule is CCCCCC(C)(C)CNc1cc(Cl)c(N)cc1C. The average molecular weight is 283 g/mol. The summed E-state index contributed by atoms with van der Waals surface area (Å²) in [6.45, 7) is 9.87. The number of rotatable bonds is 7. The van der Waals surface area contributed by atoms with Crippen molar-refractivity contribution in [1.82, 2.24) is 0 Å². The van der Waals surface area contributed by atoms with Gasteiger partial charge in [0, 0.05) is 12.2 Å². The highest BCUT2D eigenvalue weighted by Gasteiger charge is 2.17. The summed E-state index contributed by atoms with van der Waals surface area (Å²) in [6, 6.07) is 3.85. The Balaban J connectivity index is 2.58. The molecule has 0 radical (unpaired) electrons. The lowest BCUT2D eigenvalue weighted by Gasteiger charge is -2.26. The summed E-state index contributed by atoms with van der Waals surface area (Å²) in [5.74, 6) is 0. The van der Waals surface area contributed by atoms with Crippen LogP contribution < -0.4 is 11.1 Å². The highest BCUT2D eigenvalue weighted by molar-refractivity contribution is 6.33. The molecule has 2 nitrogen and oxygen atoms in total. The van der Waals surface area contributed by atoms with Crippen molar-refractivity contribution < 1.29 is 0 Å². The largest absolute Gasteiger partial charge is 0.398 e. The van der Waals surface area contributed by atoms with Crippen LogP contribution in [-0.4, -0.2) is 6.54 Å². The molecule has 3 N–H and O–H groups in total. The van der Waals surface area contributed by atoms with E-state index in [4.69, 9.17) is 17.3 Å². The molecule has 1 rings (SSSR count). The van der Waals surface area contributed by atoms with E-state index in [0.29, 0.717) is 16.1 Å². The fourth-order valence-electron chi connectivity index (χ4n) is 2.17. The smallest absolute Gasteiger partial charge is 0.0656 e. The second-order valence-electron chi connectivity index (χ2n) is 6.16. The van der Waals surface area contributed by atoms with Crippen LogP contribution in [0.1, 0.15) is 52.0 Å². The Morgan fingerprint density at radius 2 is 1.95 bits per heavy atom. The number of hydrogen-bond acceptors (Lipinski definition) is 2. The van der Waals surface area contributed by atoms with Crippen LogP contribution in [0, 0.1) is 12.3 Å². The van der Waals surface area contributed by atoms with Crippen LogP contribution in [0.3, 0.4) is 0 Å². The summed E-state index contributed by atoms with van der Waals surface area (Å²) >= 11 is 6.07. The standard InChI is InChI=1S/C16H27ClN2/c1-5-6-7-8-16(3,4)11-19-15-10-13(17)14(18)9-12(15)2/h9-10,19H,5-8,11,18H2,1-4H3. The molecule has 0 spiro atoms. The van der Waals surface area contributed by atoms with E-state index >= 15 is 0 Å². The van der Waals surface area contributed by atoms with Crippen LogP contribution in [0.2, 0.25) is 5.02 Å². The molecule has 0 amide bonds. The van der Waals surface area contributed by atoms with Crippen molar-refractivity contribution in [3.05, 3.63) is 22.7 Å². The van der Waals surface area contributed by atoms with Gasteiger partial charge in [-0.05, 0) is 36.5 Å². The van der Waals surface area contributed by atoms with Crippen molar-refractivity contribution in [1.29, 1.82) is 0 Å². The highest BCUT2D eigenvalue weighted by atomic mass is 35.5. The van der Waals surface area contributed by atoms with Crippen LogP contribution in [0.15, 0.2) is 12.1 Å². The number of benzene rings is 1. The van der Waals surface area contributed by atoms with Crippen molar-refractivity contribution in [2.24, 2.45) is 5.41 Å². The third-order valence-electron chi connectivity index (χ3n) is 3.56. The topological polar surface area (TPSA) is 38.0 Å². The summed E-state index contributed by atoms with van der Waals surface area (Å²) in [5.41, 5.74) is 8.97. The van der Waals surface area contributed by atoms with E-state index in [0.717, 1.165) is 17.8 Å². The Morgan fingerprint density at radius 3 is 2.58 bits per heavy atom. The molecule has 0 unspecified atom stereocenters. The predicted molar refractivity (Wildman–Crippen MR) is 87.0 cm³/mol. The van der Waals surface area contributed by atoms with Crippen molar-refractivity contribution in [3.63, 3.8) is 0 Å². The number of hydrogen-bond donors (Lipinski definition) is 2. The Kier molecular flexibility index (Phi) is 5.99. The fourth-order valence-corrected chi connectivity index (χ4v) is 2.33. The zero-order chi connectivity index (χ0) is 14.5. The molecule has 1 aromatic rings. The molecule has 0 aromatic heterocycles. The predicted octanol–water partition coefficient (Wildman–Crippen LogP) is 5.25. The number of aryl methyl sites for hydroxylation is 1. The number of anilines is 2. The highest BCUT2D eigenvalue weighted by Crippen LogP contribution is 2.29. The third-order valence-corrected chi connectivity index (χ3v) is 3.89. The Hall–Kier alpha value is -0.890. The molecule has 0 aliphatic heterocycles. The zero-order valence-corrected chi connectivity index (χ0v) is 13.4. The van der Waals surface area contributed by atoms with E-state index in [2.05, 4.69) is 33.0 Å². The van der Waals surface area contributed by atoms with Gasteiger partial charge in [0.2, 0.25) is 0 Å². The molecule has 0 bridgehead atoms. The number of unbranched alkanes of at least 4 members (excludes halogenated alkanes) is 2. The minimum Gasteiger partial charge on any atom is -0.398 e. The molecule has 19 heavy (non-hydrogen) atoms. The molecule has 0 heterocycles. The van der Waals surface area contributed by atoms with Gasteiger partial charge in [0.25, 0.3) is 0 Å². The first-order valence-corrected chi connectivity index (χ1v) is 7.53. The van der Waals surface area contributed by atoms with Gasteiger partial charge in [-0.1, -0.05) is 51.6 Å². The van der Waals surface area contributed by atoms with Gasteiger partial charge in [-0.3, -0.25) is 0 Å². The molecular weight excluding hydrogens is 256 g/mol. The maximum Gasteiger partial charge on any atom is 0.0656 e. The lowest BCUT2D eigenvalue weighted by atomic mass is 9.86. The summed E-state index contributed by atoms with van der Waals surface area (Å²) in [7, 11) is 0. The molecule has 0 atom stereocenters. The molecule has 0 aliphatic rings. The van der Waals surface area contributed by atoms with Gasteiger partial charge in [-0.25, -0.2) is 0 Å². The summed E-state index contributed by atoms with van der Waals surface area (Å²) in [6.07, 6.45) is 5.13. The van der Waals surface area contributed by atoms with Gasteiger partial charge in [0.1, 0.15) is 0 Å². The number of nitrogens with two attached hydrogens (primary N) is 1. The lowest BCUT2D eigenvalue weighted by Crippen LogP contribution is -2.23. The van der Waals surface area contributed by atoms with E-state index in [-0.39, 0.29) is 0 Å². The van der Waals surface area contributed by atoms with Crippen molar-refractivity contribution in [2.45, 2.75) is 53.4 Å². The average Bonchev–Trinajstić information content (AvgIpc) is 2.32. The molecule has 0 aliphatic carbocycles. The summed E-state index contributed by atoms with van der Waals surface area (Å²) < 4.78 is 0. The van der Waals surface area contributed by atoms with Crippen molar-refractivity contribution in [2.75, 3.05) is 17.6 Å². The van der Waals surface area contributed by atoms with Gasteiger partial charge in [-0.15, -0.1) is 0 Å². The van der Waals surface area contributed by atoms with Crippen LogP contribution in [0.4, 0.5) is 11.4 Å². The van der Waals surface area contributed by atoms with Crippen LogP contribution in [-0.2, 0) is 0 Å². The first kappa shape index (κ1) is 16.2. The van der Waals surface area contributed by atoms with Crippen LogP contribution in [0.5, 0.6) is 0 Å². The quantitative estimate of drug-likeness (QED) is 0.529. The molecule has 0 fully saturated rings. The molecule has 108 valence electrons. The zero-order valence-electron chi connectivity index (χ0n) is 12.6. The normalized spacial score (nSPS) is 11.6. The fraction of sp³-hybridized carbons (Fsp3) is 0.625. The van der Waals surface area contributed by atoms with E-state index in [1.165, 1.54) is 25.7 Å². The number of nitrogen functional groups attached to an aromatic ring is 1. The molecule has 0 saturated carbocycles. The van der Waals surface area contributed by atoms with Crippen molar-refractivity contribution in [3.8, 4) is 0 Å². The van der Waals surface area contributed by atoms with E-state index in [1.807, 2.05) is 12.1 Å². The Morgan fingerprint density at radius 1 is 1.26 bits per heavy atom. The number of halogens is 1.